The highest BCUT2D eigenvalue weighted by Gasteiger charge is 2.10. The molecule has 0 aliphatic heterocycles. The third-order valence-electron chi connectivity index (χ3n) is 1.72. The van der Waals surface area contributed by atoms with Crippen LogP contribution in [0.2, 0.25) is 0 Å². The number of carboxylic acids is 1. The molecule has 1 heterocycles. The smallest absolute Gasteiger partial charge is 0.303 e. The molecule has 0 amide bonds. The van der Waals surface area contributed by atoms with E-state index in [1.54, 1.807) is 0 Å². The molecule has 3 nitrogen and oxygen atoms in total. The van der Waals surface area contributed by atoms with Gasteiger partial charge in [-0.1, -0.05) is 6.92 Å². The van der Waals surface area contributed by atoms with Crippen LogP contribution in [-0.2, 0) is 4.79 Å². The maximum Gasteiger partial charge on any atom is 0.303 e. The molecule has 0 spiro atoms. The maximum absolute atomic E-state index is 10.4. The molecule has 2 N–H and O–H groups in total. The third kappa shape index (κ3) is 2.37. The number of rotatable bonds is 3. The molecular formula is C8H10BrNO2. The van der Waals surface area contributed by atoms with Gasteiger partial charge in [0, 0.05) is 6.20 Å². The summed E-state index contributed by atoms with van der Waals surface area (Å²) < 4.78 is 0.884. The van der Waals surface area contributed by atoms with Crippen LogP contribution in [-0.4, -0.2) is 16.1 Å². The molecule has 1 aromatic heterocycles. The Hall–Kier alpha value is -0.770. The van der Waals surface area contributed by atoms with Gasteiger partial charge in [-0.15, -0.1) is 0 Å². The quantitative estimate of drug-likeness (QED) is 0.840. The fourth-order valence-electron chi connectivity index (χ4n) is 1.05. The van der Waals surface area contributed by atoms with Gasteiger partial charge in [0.05, 0.1) is 11.0 Å². The van der Waals surface area contributed by atoms with Crippen LogP contribution in [0.3, 0.4) is 0 Å². The average Bonchev–Trinajstić information content (AvgIpc) is 2.34. The molecule has 4 heteroatoms. The second-order valence-corrected chi connectivity index (χ2v) is 3.63. The molecular weight excluding hydrogens is 222 g/mol. The zero-order chi connectivity index (χ0) is 9.14. The second kappa shape index (κ2) is 3.76. The first kappa shape index (κ1) is 9.32. The van der Waals surface area contributed by atoms with Gasteiger partial charge >= 0.3 is 5.97 Å². The number of aliphatic carboxylic acids is 1. The molecule has 0 aromatic carbocycles. The van der Waals surface area contributed by atoms with E-state index in [-0.39, 0.29) is 12.3 Å². The first-order chi connectivity index (χ1) is 5.59. The molecule has 0 fully saturated rings. The highest BCUT2D eigenvalue weighted by Crippen LogP contribution is 2.21. The highest BCUT2D eigenvalue weighted by molar-refractivity contribution is 9.10. The van der Waals surface area contributed by atoms with Crippen LogP contribution in [0.25, 0.3) is 0 Å². The summed E-state index contributed by atoms with van der Waals surface area (Å²) in [4.78, 5) is 13.3. The number of halogens is 1. The Bertz CT molecular complexity index is 282. The van der Waals surface area contributed by atoms with E-state index in [1.807, 2.05) is 19.2 Å². The predicted molar refractivity (Wildman–Crippen MR) is 49.2 cm³/mol. The summed E-state index contributed by atoms with van der Waals surface area (Å²) in [5.41, 5.74) is 1.02. The van der Waals surface area contributed by atoms with E-state index in [9.17, 15) is 4.79 Å². The van der Waals surface area contributed by atoms with Crippen LogP contribution in [0.1, 0.15) is 24.8 Å². The average molecular weight is 232 g/mol. The topological polar surface area (TPSA) is 53.1 Å². The van der Waals surface area contributed by atoms with Crippen LogP contribution < -0.4 is 0 Å². The fraction of sp³-hybridized carbons (Fsp3) is 0.375. The lowest BCUT2D eigenvalue weighted by molar-refractivity contribution is -0.137. The van der Waals surface area contributed by atoms with Gasteiger partial charge in [-0.2, -0.15) is 0 Å². The van der Waals surface area contributed by atoms with Gasteiger partial charge < -0.3 is 10.1 Å². The summed E-state index contributed by atoms with van der Waals surface area (Å²) in [7, 11) is 0. The number of hydrogen-bond donors (Lipinski definition) is 2. The van der Waals surface area contributed by atoms with Crippen LogP contribution in [0.15, 0.2) is 16.9 Å². The summed E-state index contributed by atoms with van der Waals surface area (Å²) in [6.45, 7) is 1.89. The Kier molecular flexibility index (Phi) is 2.92. The van der Waals surface area contributed by atoms with Crippen molar-refractivity contribution >= 4 is 21.9 Å². The van der Waals surface area contributed by atoms with Crippen molar-refractivity contribution in [1.82, 2.24) is 4.98 Å². The Morgan fingerprint density at radius 3 is 2.92 bits per heavy atom. The lowest BCUT2D eigenvalue weighted by Gasteiger charge is -2.03. The van der Waals surface area contributed by atoms with Gasteiger partial charge in [0.1, 0.15) is 0 Å². The summed E-state index contributed by atoms with van der Waals surface area (Å²) >= 11 is 3.26. The van der Waals surface area contributed by atoms with E-state index in [0.29, 0.717) is 0 Å². The maximum atomic E-state index is 10.4. The van der Waals surface area contributed by atoms with Crippen molar-refractivity contribution in [3.8, 4) is 0 Å². The van der Waals surface area contributed by atoms with Crippen molar-refractivity contribution in [3.05, 3.63) is 22.4 Å². The largest absolute Gasteiger partial charge is 0.481 e. The lowest BCUT2D eigenvalue weighted by Crippen LogP contribution is -2.01. The van der Waals surface area contributed by atoms with Gasteiger partial charge in [-0.25, -0.2) is 0 Å². The number of aromatic amines is 1. The minimum Gasteiger partial charge on any atom is -0.481 e. The Balaban J connectivity index is 2.64. The zero-order valence-corrected chi connectivity index (χ0v) is 8.26. The minimum atomic E-state index is -0.764. The summed E-state index contributed by atoms with van der Waals surface area (Å²) in [6.07, 6.45) is 1.99. The number of aromatic nitrogens is 1. The number of hydrogen-bond acceptors (Lipinski definition) is 1. The van der Waals surface area contributed by atoms with E-state index in [4.69, 9.17) is 5.11 Å². The first-order valence-corrected chi connectivity index (χ1v) is 4.44. The summed E-state index contributed by atoms with van der Waals surface area (Å²) in [5, 5.41) is 8.53. The van der Waals surface area contributed by atoms with Crippen molar-refractivity contribution in [2.75, 3.05) is 0 Å². The molecule has 1 rings (SSSR count). The molecule has 12 heavy (non-hydrogen) atoms. The zero-order valence-electron chi connectivity index (χ0n) is 6.67. The van der Waals surface area contributed by atoms with E-state index in [2.05, 4.69) is 20.9 Å². The van der Waals surface area contributed by atoms with Crippen LogP contribution in [0.4, 0.5) is 0 Å². The van der Waals surface area contributed by atoms with Crippen molar-refractivity contribution in [2.24, 2.45) is 0 Å². The molecule has 0 saturated carbocycles. The highest BCUT2D eigenvalue weighted by atomic mass is 79.9. The molecule has 1 atom stereocenters. The number of carbonyl (C=O) groups is 1. The molecule has 0 aliphatic carbocycles. The van der Waals surface area contributed by atoms with E-state index < -0.39 is 5.97 Å². The van der Waals surface area contributed by atoms with Crippen LogP contribution in [0.5, 0.6) is 0 Å². The predicted octanol–water partition coefficient (Wildman–Crippen LogP) is 2.36. The Morgan fingerprint density at radius 2 is 2.50 bits per heavy atom. The Morgan fingerprint density at radius 1 is 1.83 bits per heavy atom. The number of H-pyrrole nitrogens is 1. The second-order valence-electron chi connectivity index (χ2n) is 2.78. The minimum absolute atomic E-state index is 0.0602. The monoisotopic (exact) mass is 231 g/mol. The molecule has 0 bridgehead atoms. The SMILES string of the molecule is CC(CC(=O)O)c1c[nH]c(Br)c1. The third-order valence-corrected chi connectivity index (χ3v) is 2.18. The molecule has 0 radical (unpaired) electrons. The van der Waals surface area contributed by atoms with Gasteiger partial charge in [-0.05, 0) is 33.5 Å². The summed E-state index contributed by atoms with van der Waals surface area (Å²) in [5.74, 6) is -0.704. The molecule has 1 unspecified atom stereocenters. The van der Waals surface area contributed by atoms with E-state index in [1.165, 1.54) is 0 Å². The lowest BCUT2D eigenvalue weighted by atomic mass is 10.0. The molecule has 0 saturated heterocycles. The van der Waals surface area contributed by atoms with Crippen molar-refractivity contribution in [3.63, 3.8) is 0 Å². The van der Waals surface area contributed by atoms with E-state index in [0.717, 1.165) is 10.2 Å². The van der Waals surface area contributed by atoms with Crippen molar-refractivity contribution < 1.29 is 9.90 Å². The molecule has 0 aliphatic rings. The van der Waals surface area contributed by atoms with E-state index >= 15 is 0 Å². The van der Waals surface area contributed by atoms with Gasteiger partial charge in [0.2, 0.25) is 0 Å². The standard InChI is InChI=1S/C8H10BrNO2/c1-5(2-8(11)12)6-3-7(9)10-4-6/h3-5,10H,2H2,1H3,(H,11,12). The van der Waals surface area contributed by atoms with Crippen LogP contribution in [0, 0.1) is 0 Å². The summed E-state index contributed by atoms with van der Waals surface area (Å²) in [6, 6.07) is 1.90. The molecule has 1 aromatic rings. The van der Waals surface area contributed by atoms with Gasteiger partial charge in [0.25, 0.3) is 0 Å². The van der Waals surface area contributed by atoms with Crippen molar-refractivity contribution in [2.45, 2.75) is 19.3 Å². The van der Waals surface area contributed by atoms with Crippen molar-refractivity contribution in [1.29, 1.82) is 0 Å². The van der Waals surface area contributed by atoms with Gasteiger partial charge in [0.15, 0.2) is 0 Å². The normalized spacial score (nSPS) is 12.8. The fourth-order valence-corrected chi connectivity index (χ4v) is 1.43. The number of nitrogens with one attached hydrogen (secondary N) is 1. The van der Waals surface area contributed by atoms with Gasteiger partial charge in [-0.3, -0.25) is 4.79 Å². The molecule has 66 valence electrons. The first-order valence-electron chi connectivity index (χ1n) is 3.65. The number of carboxylic acid groups (broad SMARTS) is 1. The Labute approximate surface area is 78.9 Å². The van der Waals surface area contributed by atoms with Crippen LogP contribution >= 0.6 is 15.9 Å².